The first-order valence-electron chi connectivity index (χ1n) is 10.4. The molecule has 3 aromatic carbocycles. The minimum atomic E-state index is -4.14. The minimum Gasteiger partial charge on any atom is -0.493 e. The zero-order valence-electron chi connectivity index (χ0n) is 18.7. The Kier molecular flexibility index (Phi) is 6.98. The van der Waals surface area contributed by atoms with Crippen molar-refractivity contribution in [3.8, 4) is 5.88 Å². The number of aromatic hydroxyl groups is 1. The molecule has 180 valence electrons. The topological polar surface area (TPSA) is 115 Å². The van der Waals surface area contributed by atoms with Crippen LogP contribution in [0.1, 0.15) is 11.1 Å². The van der Waals surface area contributed by atoms with Gasteiger partial charge in [-0.2, -0.15) is 0 Å². The van der Waals surface area contributed by atoms with Crippen molar-refractivity contribution < 1.29 is 18.3 Å². The van der Waals surface area contributed by atoms with Gasteiger partial charge in [0, 0.05) is 14.9 Å². The largest absolute Gasteiger partial charge is 0.493 e. The van der Waals surface area contributed by atoms with E-state index < -0.39 is 22.5 Å². The summed E-state index contributed by atoms with van der Waals surface area (Å²) in [5, 5.41) is 18.7. The Morgan fingerprint density at radius 1 is 1.09 bits per heavy atom. The van der Waals surface area contributed by atoms with Crippen molar-refractivity contribution in [1.29, 1.82) is 0 Å². The van der Waals surface area contributed by atoms with Crippen LogP contribution in [0.3, 0.4) is 0 Å². The molecule has 0 unspecified atom stereocenters. The average Bonchev–Trinajstić information content (AvgIpc) is 3.12. The Morgan fingerprint density at radius 3 is 2.51 bits per heavy atom. The molecule has 0 bridgehead atoms. The molecule has 0 aliphatic carbocycles. The summed E-state index contributed by atoms with van der Waals surface area (Å²) in [6.45, 7) is 2.95. The van der Waals surface area contributed by atoms with Crippen molar-refractivity contribution in [2.75, 3.05) is 10.8 Å². The van der Waals surface area contributed by atoms with Crippen molar-refractivity contribution >= 4 is 65.7 Å². The molecule has 1 heterocycles. The van der Waals surface area contributed by atoms with Crippen molar-refractivity contribution in [2.45, 2.75) is 18.7 Å². The second kappa shape index (κ2) is 9.80. The van der Waals surface area contributed by atoms with Crippen molar-refractivity contribution in [3.63, 3.8) is 0 Å². The van der Waals surface area contributed by atoms with E-state index in [1.807, 2.05) is 6.92 Å². The first-order chi connectivity index (χ1) is 16.6. The van der Waals surface area contributed by atoms with Gasteiger partial charge < -0.3 is 10.1 Å². The summed E-state index contributed by atoms with van der Waals surface area (Å²) in [5.41, 5.74) is 2.42. The highest BCUT2D eigenvalue weighted by atomic mass is 79.9. The number of hydrogen-bond acceptors (Lipinski definition) is 5. The average molecular weight is 576 g/mol. The van der Waals surface area contributed by atoms with E-state index in [2.05, 4.69) is 31.1 Å². The van der Waals surface area contributed by atoms with Crippen LogP contribution in [0, 0.1) is 13.8 Å². The third-order valence-corrected chi connectivity index (χ3v) is 7.81. The molecule has 0 spiro atoms. The zero-order valence-corrected chi connectivity index (χ0v) is 21.8. The summed E-state index contributed by atoms with van der Waals surface area (Å²) in [4.78, 5) is 15.6. The lowest BCUT2D eigenvalue weighted by Crippen LogP contribution is -2.35. The van der Waals surface area contributed by atoms with Crippen LogP contribution in [-0.2, 0) is 14.8 Å². The van der Waals surface area contributed by atoms with Crippen molar-refractivity contribution in [2.24, 2.45) is 10.2 Å². The number of nitrogens with zero attached hydrogens (tertiary/aromatic N) is 3. The number of fused-ring (bicyclic) bond motifs is 1. The van der Waals surface area contributed by atoms with Gasteiger partial charge in [0.1, 0.15) is 6.54 Å². The number of halogens is 2. The molecular formula is C24H20BrClN4O4S. The number of carbonyl (C=O) groups is 1. The van der Waals surface area contributed by atoms with Gasteiger partial charge >= 0.3 is 0 Å². The number of H-pyrrole nitrogens is 1. The molecule has 4 aromatic rings. The lowest BCUT2D eigenvalue weighted by molar-refractivity contribution is -0.116. The highest BCUT2D eigenvalue weighted by Crippen LogP contribution is 2.37. The van der Waals surface area contributed by atoms with Crippen LogP contribution in [0.4, 0.5) is 11.4 Å². The fourth-order valence-corrected chi connectivity index (χ4v) is 5.48. The fourth-order valence-electron chi connectivity index (χ4n) is 3.49. The van der Waals surface area contributed by atoms with E-state index >= 15 is 0 Å². The zero-order chi connectivity index (χ0) is 25.3. The van der Waals surface area contributed by atoms with E-state index in [0.717, 1.165) is 14.3 Å². The molecular weight excluding hydrogens is 556 g/mol. The Balaban J connectivity index is 1.72. The second-order valence-corrected chi connectivity index (χ2v) is 11.1. The van der Waals surface area contributed by atoms with E-state index in [1.54, 1.807) is 49.4 Å². The number of carbonyl (C=O) groups excluding carboxylic acids is 1. The number of aromatic amines is 1. The Hall–Kier alpha value is -3.21. The van der Waals surface area contributed by atoms with Crippen molar-refractivity contribution in [3.05, 3.63) is 81.3 Å². The number of anilines is 1. The standard InChI is InChI=1S/C24H20BrClN4O4S/c1-14-3-8-18(9-4-14)35(33,34)30(21-12-17(26)7-5-15(21)2)13-22(31)28-29-23-19-11-16(25)6-10-20(19)27-24(23)32/h3-12,27,32H,13H2,1-2H3. The fraction of sp³-hybridized carbons (Fsp3) is 0.125. The molecule has 0 aliphatic heterocycles. The SMILES string of the molecule is Cc1ccc(S(=O)(=O)N(CC(=O)N=Nc2c(O)[nH]c3ccc(Br)cc23)c2cc(Cl)ccc2C)cc1. The summed E-state index contributed by atoms with van der Waals surface area (Å²) in [5.74, 6) is -1.09. The van der Waals surface area contributed by atoms with Gasteiger partial charge in [0.25, 0.3) is 15.9 Å². The van der Waals surface area contributed by atoms with Gasteiger partial charge in [0.2, 0.25) is 5.88 Å². The van der Waals surface area contributed by atoms with Gasteiger partial charge in [-0.05, 0) is 61.9 Å². The van der Waals surface area contributed by atoms with E-state index in [1.165, 1.54) is 18.2 Å². The van der Waals surface area contributed by atoms with Crippen LogP contribution >= 0.6 is 27.5 Å². The Morgan fingerprint density at radius 2 is 1.80 bits per heavy atom. The molecule has 0 fully saturated rings. The molecule has 0 saturated carbocycles. The summed E-state index contributed by atoms with van der Waals surface area (Å²) in [6.07, 6.45) is 0. The van der Waals surface area contributed by atoms with Crippen LogP contribution in [0.25, 0.3) is 10.9 Å². The normalized spacial score (nSPS) is 11.9. The summed E-state index contributed by atoms with van der Waals surface area (Å²) in [6, 6.07) is 16.3. The van der Waals surface area contributed by atoms with Gasteiger partial charge in [-0.15, -0.1) is 10.2 Å². The van der Waals surface area contributed by atoms with E-state index in [9.17, 15) is 18.3 Å². The van der Waals surface area contributed by atoms with Crippen LogP contribution in [0.2, 0.25) is 5.02 Å². The summed E-state index contributed by atoms with van der Waals surface area (Å²) < 4.78 is 28.8. The monoisotopic (exact) mass is 574 g/mol. The van der Waals surface area contributed by atoms with Gasteiger partial charge in [-0.1, -0.05) is 51.3 Å². The van der Waals surface area contributed by atoms with E-state index in [-0.39, 0.29) is 22.2 Å². The molecule has 0 saturated heterocycles. The number of amides is 1. The summed E-state index contributed by atoms with van der Waals surface area (Å²) >= 11 is 9.50. The lowest BCUT2D eigenvalue weighted by atomic mass is 10.2. The van der Waals surface area contributed by atoms with Gasteiger partial charge in [0.05, 0.1) is 16.1 Å². The molecule has 1 amide bonds. The third kappa shape index (κ3) is 5.24. The maximum atomic E-state index is 13.6. The predicted octanol–water partition coefficient (Wildman–Crippen LogP) is 6.41. The number of azo groups is 1. The molecule has 0 radical (unpaired) electrons. The number of aromatic nitrogens is 1. The Labute approximate surface area is 215 Å². The Bertz CT molecular complexity index is 1570. The molecule has 0 atom stereocenters. The van der Waals surface area contributed by atoms with Crippen LogP contribution in [-0.4, -0.2) is 31.0 Å². The smallest absolute Gasteiger partial charge is 0.285 e. The van der Waals surface area contributed by atoms with Crippen LogP contribution < -0.4 is 4.31 Å². The first kappa shape index (κ1) is 24.9. The van der Waals surface area contributed by atoms with Crippen LogP contribution in [0.15, 0.2) is 80.3 Å². The molecule has 4 rings (SSSR count). The van der Waals surface area contributed by atoms with Gasteiger partial charge in [-0.25, -0.2) is 8.42 Å². The highest BCUT2D eigenvalue weighted by molar-refractivity contribution is 9.10. The van der Waals surface area contributed by atoms with Crippen molar-refractivity contribution in [1.82, 2.24) is 4.98 Å². The second-order valence-electron chi connectivity index (χ2n) is 7.86. The third-order valence-electron chi connectivity index (χ3n) is 5.30. The molecule has 1 aromatic heterocycles. The molecule has 2 N–H and O–H groups in total. The number of benzene rings is 3. The molecule has 11 heteroatoms. The first-order valence-corrected chi connectivity index (χ1v) is 13.0. The predicted molar refractivity (Wildman–Crippen MR) is 139 cm³/mol. The number of hydrogen-bond donors (Lipinski definition) is 2. The highest BCUT2D eigenvalue weighted by Gasteiger charge is 2.28. The van der Waals surface area contributed by atoms with Gasteiger partial charge in [-0.3, -0.25) is 9.10 Å². The molecule has 0 aliphatic rings. The maximum absolute atomic E-state index is 13.6. The van der Waals surface area contributed by atoms with Gasteiger partial charge in [0.15, 0.2) is 5.69 Å². The van der Waals surface area contributed by atoms with E-state index in [4.69, 9.17) is 11.6 Å². The lowest BCUT2D eigenvalue weighted by Gasteiger charge is -2.25. The van der Waals surface area contributed by atoms with Crippen LogP contribution in [0.5, 0.6) is 5.88 Å². The molecule has 35 heavy (non-hydrogen) atoms. The number of rotatable bonds is 6. The minimum absolute atomic E-state index is 0.0198. The number of sulfonamides is 1. The number of nitrogens with one attached hydrogen (secondary N) is 1. The molecule has 8 nitrogen and oxygen atoms in total. The van der Waals surface area contributed by atoms with E-state index in [0.29, 0.717) is 21.5 Å². The summed E-state index contributed by atoms with van der Waals surface area (Å²) in [7, 11) is -4.14. The number of aryl methyl sites for hydroxylation is 2. The quantitative estimate of drug-likeness (QED) is 0.258. The maximum Gasteiger partial charge on any atom is 0.285 e.